The third kappa shape index (κ3) is 6.65. The lowest BCUT2D eigenvalue weighted by atomic mass is 10.0. The first-order valence-corrected chi connectivity index (χ1v) is 14.5. The molecule has 2 amide bonds. The number of nitrogens with zero attached hydrogens (tertiary/aromatic N) is 5. The Kier molecular flexibility index (Phi) is 8.96. The number of unbranched alkanes of at least 4 members (excludes halogenated alkanes) is 1. The summed E-state index contributed by atoms with van der Waals surface area (Å²) in [5.74, 6) is 0.369. The second-order valence-corrected chi connectivity index (χ2v) is 10.9. The maximum absolute atomic E-state index is 13.1. The Hall–Kier alpha value is -4.83. The molecule has 5 rings (SSSR count). The fourth-order valence-corrected chi connectivity index (χ4v) is 5.20. The fraction of sp³-hybridized carbons (Fsp3) is 0.303. The highest BCUT2D eigenvalue weighted by Gasteiger charge is 2.31. The van der Waals surface area contributed by atoms with Gasteiger partial charge in [0, 0.05) is 44.6 Å². The molecular formula is C33H37N7O3. The van der Waals surface area contributed by atoms with E-state index >= 15 is 0 Å². The molecule has 1 aliphatic heterocycles. The van der Waals surface area contributed by atoms with Gasteiger partial charge >= 0.3 is 0 Å². The summed E-state index contributed by atoms with van der Waals surface area (Å²) in [7, 11) is 5.42. The van der Waals surface area contributed by atoms with Crippen molar-refractivity contribution in [3.63, 3.8) is 0 Å². The van der Waals surface area contributed by atoms with E-state index in [0.717, 1.165) is 36.9 Å². The number of amides is 2. The van der Waals surface area contributed by atoms with Crippen LogP contribution in [0.3, 0.4) is 0 Å². The van der Waals surface area contributed by atoms with E-state index in [2.05, 4.69) is 27.5 Å². The number of aryl methyl sites for hydroxylation is 2. The van der Waals surface area contributed by atoms with E-state index in [-0.39, 0.29) is 29.2 Å². The van der Waals surface area contributed by atoms with Crippen molar-refractivity contribution in [1.82, 2.24) is 24.3 Å². The van der Waals surface area contributed by atoms with Crippen molar-refractivity contribution in [2.24, 2.45) is 7.05 Å². The Morgan fingerprint density at radius 3 is 2.44 bits per heavy atom. The van der Waals surface area contributed by atoms with Crippen molar-refractivity contribution >= 4 is 29.1 Å². The van der Waals surface area contributed by atoms with Crippen LogP contribution in [0.5, 0.6) is 0 Å². The first kappa shape index (κ1) is 29.7. The third-order valence-corrected chi connectivity index (χ3v) is 7.71. The molecule has 222 valence electrons. The summed E-state index contributed by atoms with van der Waals surface area (Å²) in [6, 6.07) is 20.0. The number of pyridine rings is 1. The van der Waals surface area contributed by atoms with Gasteiger partial charge in [-0.25, -0.2) is 9.97 Å². The van der Waals surface area contributed by atoms with E-state index in [1.54, 1.807) is 36.3 Å². The predicted octanol–water partition coefficient (Wildman–Crippen LogP) is 4.63. The first-order valence-electron chi connectivity index (χ1n) is 14.5. The van der Waals surface area contributed by atoms with Crippen LogP contribution < -0.4 is 16.2 Å². The Morgan fingerprint density at radius 2 is 1.67 bits per heavy atom. The quantitative estimate of drug-likeness (QED) is 0.297. The van der Waals surface area contributed by atoms with Crippen LogP contribution in [-0.2, 0) is 18.3 Å². The maximum atomic E-state index is 13.1. The van der Waals surface area contributed by atoms with Gasteiger partial charge < -0.3 is 20.1 Å². The summed E-state index contributed by atoms with van der Waals surface area (Å²) in [6.07, 6.45) is 4.50. The number of likely N-dealkylation sites (N-methyl/N-ethyl adjacent to an activating group) is 2. The molecule has 0 spiro atoms. The van der Waals surface area contributed by atoms with Gasteiger partial charge in [0.05, 0.1) is 5.69 Å². The van der Waals surface area contributed by atoms with Crippen molar-refractivity contribution in [1.29, 1.82) is 0 Å². The maximum Gasteiger partial charge on any atom is 0.293 e. The molecule has 2 aromatic carbocycles. The number of anilines is 3. The molecule has 0 bridgehead atoms. The topological polar surface area (TPSA) is 112 Å². The SMILES string of the molecule is CCCCc1ccccc1C(=O)Nc1cccc(-c2cn(C)c(=O)c(Nc3ccc(C4C(=O)N(C)CCN4C)cc3)n2)n1. The minimum Gasteiger partial charge on any atom is -0.343 e. The average Bonchev–Trinajstić information content (AvgIpc) is 3.01. The van der Waals surface area contributed by atoms with Crippen LogP contribution in [0.4, 0.5) is 17.3 Å². The zero-order valence-electron chi connectivity index (χ0n) is 25.0. The molecule has 3 heterocycles. The van der Waals surface area contributed by atoms with Crippen LogP contribution in [0, 0.1) is 0 Å². The second kappa shape index (κ2) is 13.0. The van der Waals surface area contributed by atoms with Crippen molar-refractivity contribution in [3.8, 4) is 11.4 Å². The van der Waals surface area contributed by atoms with Gasteiger partial charge in [-0.2, -0.15) is 0 Å². The number of carbonyl (C=O) groups excluding carboxylic acids is 2. The van der Waals surface area contributed by atoms with Crippen LogP contribution in [-0.4, -0.2) is 63.3 Å². The summed E-state index contributed by atoms with van der Waals surface area (Å²) in [5.41, 5.74) is 3.87. The number of piperazine rings is 1. The molecule has 0 radical (unpaired) electrons. The molecule has 0 saturated carbocycles. The molecule has 1 aliphatic rings. The van der Waals surface area contributed by atoms with E-state index in [1.165, 1.54) is 4.57 Å². The van der Waals surface area contributed by atoms with E-state index in [0.29, 0.717) is 35.0 Å². The summed E-state index contributed by atoms with van der Waals surface area (Å²) in [6.45, 7) is 3.63. The molecule has 0 aliphatic carbocycles. The Morgan fingerprint density at radius 1 is 0.907 bits per heavy atom. The Balaban J connectivity index is 1.35. The highest BCUT2D eigenvalue weighted by Crippen LogP contribution is 2.27. The predicted molar refractivity (Wildman–Crippen MR) is 168 cm³/mol. The third-order valence-electron chi connectivity index (χ3n) is 7.71. The molecule has 1 saturated heterocycles. The standard InChI is InChI=1S/C33H37N7O3/c1-5-6-10-22-11-7-8-12-25(22)31(41)37-28-14-9-13-26(35-28)27-21-40(4)33(43)30(36-27)34-24-17-15-23(16-18-24)29-32(42)39(3)20-19-38(29)2/h7-9,11-18,21,29H,5-6,10,19-20H2,1-4H3,(H,34,36)(H,35,37,41). The molecule has 1 fully saturated rings. The Labute approximate surface area is 251 Å². The molecule has 43 heavy (non-hydrogen) atoms. The zero-order chi connectivity index (χ0) is 30.5. The number of nitrogens with one attached hydrogen (secondary N) is 2. The lowest BCUT2D eigenvalue weighted by Gasteiger charge is -2.37. The van der Waals surface area contributed by atoms with Gasteiger partial charge in [-0.3, -0.25) is 19.3 Å². The van der Waals surface area contributed by atoms with Gasteiger partial charge in [-0.15, -0.1) is 0 Å². The summed E-state index contributed by atoms with van der Waals surface area (Å²) >= 11 is 0. The second-order valence-electron chi connectivity index (χ2n) is 10.9. The normalized spacial score (nSPS) is 15.4. The minimum atomic E-state index is -0.342. The minimum absolute atomic E-state index is 0.0596. The fourth-order valence-electron chi connectivity index (χ4n) is 5.20. The van der Waals surface area contributed by atoms with Gasteiger partial charge in [0.25, 0.3) is 11.5 Å². The largest absolute Gasteiger partial charge is 0.343 e. The Bertz CT molecular complexity index is 1680. The summed E-state index contributed by atoms with van der Waals surface area (Å²) < 4.78 is 1.45. The van der Waals surface area contributed by atoms with Crippen molar-refractivity contribution < 1.29 is 9.59 Å². The molecule has 1 unspecified atom stereocenters. The van der Waals surface area contributed by atoms with Crippen molar-refractivity contribution in [2.75, 3.05) is 37.8 Å². The first-order chi connectivity index (χ1) is 20.7. The van der Waals surface area contributed by atoms with E-state index < -0.39 is 0 Å². The number of hydrogen-bond acceptors (Lipinski definition) is 7. The summed E-state index contributed by atoms with van der Waals surface area (Å²) in [4.78, 5) is 51.9. The van der Waals surface area contributed by atoms with Crippen LogP contribution >= 0.6 is 0 Å². The molecule has 4 aromatic rings. The lowest BCUT2D eigenvalue weighted by molar-refractivity contribution is -0.139. The van der Waals surface area contributed by atoms with Crippen molar-refractivity contribution in [3.05, 3.63) is 100.0 Å². The average molecular weight is 580 g/mol. The van der Waals surface area contributed by atoms with Crippen LogP contribution in [0.2, 0.25) is 0 Å². The molecule has 1 atom stereocenters. The van der Waals surface area contributed by atoms with Crippen molar-refractivity contribution in [2.45, 2.75) is 32.2 Å². The van der Waals surface area contributed by atoms with Crippen LogP contribution in [0.15, 0.2) is 77.7 Å². The molecule has 2 N–H and O–H groups in total. The van der Waals surface area contributed by atoms with E-state index in [4.69, 9.17) is 0 Å². The van der Waals surface area contributed by atoms with Gasteiger partial charge in [0.2, 0.25) is 5.91 Å². The smallest absolute Gasteiger partial charge is 0.293 e. The van der Waals surface area contributed by atoms with Gasteiger partial charge in [-0.1, -0.05) is 49.7 Å². The van der Waals surface area contributed by atoms with E-state index in [1.807, 2.05) is 67.5 Å². The number of benzene rings is 2. The lowest BCUT2D eigenvalue weighted by Crippen LogP contribution is -2.48. The molecule has 10 heteroatoms. The number of aromatic nitrogens is 3. The number of carbonyl (C=O) groups is 2. The van der Waals surface area contributed by atoms with E-state index in [9.17, 15) is 14.4 Å². The van der Waals surface area contributed by atoms with Gasteiger partial charge in [0.1, 0.15) is 17.6 Å². The molecule has 10 nitrogen and oxygen atoms in total. The molecular weight excluding hydrogens is 542 g/mol. The van der Waals surface area contributed by atoms with Crippen LogP contribution in [0.25, 0.3) is 11.4 Å². The highest BCUT2D eigenvalue weighted by atomic mass is 16.2. The van der Waals surface area contributed by atoms with Gasteiger partial charge in [-0.05, 0) is 61.3 Å². The van der Waals surface area contributed by atoms with Crippen LogP contribution in [0.1, 0.15) is 47.3 Å². The highest BCUT2D eigenvalue weighted by molar-refractivity contribution is 6.04. The monoisotopic (exact) mass is 579 g/mol. The summed E-state index contributed by atoms with van der Waals surface area (Å²) in [5, 5.41) is 6.04. The number of rotatable bonds is 9. The number of hydrogen-bond donors (Lipinski definition) is 2. The van der Waals surface area contributed by atoms with Gasteiger partial charge in [0.15, 0.2) is 5.82 Å². The molecule has 2 aromatic heterocycles. The zero-order valence-corrected chi connectivity index (χ0v) is 25.0.